The molecule has 37 heavy (non-hydrogen) atoms. The van der Waals surface area contributed by atoms with Crippen LogP contribution in [0, 0.1) is 0 Å². The van der Waals surface area contributed by atoms with Gasteiger partial charge in [0.1, 0.15) is 0 Å². The minimum absolute atomic E-state index is 0. The Labute approximate surface area is 232 Å². The molecule has 2 aromatic rings. The van der Waals surface area contributed by atoms with E-state index in [9.17, 15) is 9.59 Å². The Morgan fingerprint density at radius 1 is 0.649 bits per heavy atom. The molecule has 0 aliphatic carbocycles. The molecule has 0 saturated heterocycles. The summed E-state index contributed by atoms with van der Waals surface area (Å²) in [6, 6.07) is 6.52. The molecule has 0 atom stereocenters. The Morgan fingerprint density at radius 2 is 1.00 bits per heavy atom. The van der Waals surface area contributed by atoms with Crippen molar-refractivity contribution in [1.29, 1.82) is 0 Å². The van der Waals surface area contributed by atoms with Crippen LogP contribution in [0.15, 0.2) is 59.3 Å². The predicted molar refractivity (Wildman–Crippen MR) is 148 cm³/mol. The maximum absolute atomic E-state index is 11.5. The van der Waals surface area contributed by atoms with Crippen molar-refractivity contribution in [1.82, 2.24) is 9.97 Å². The standard InChI is InChI=1S/2C14H21N3O.Ni/c2*1-2-3-4-5-6-7-10-16-17-14(18)13-8-11-15-12-9-13;/h2*8-12H,2-7H2,1H3,(H,17,18);/q;;+2/p-2/b16-10+;16-10-;. The first-order valence-corrected chi connectivity index (χ1v) is 13.0. The molecule has 0 spiro atoms. The molecule has 0 bridgehead atoms. The van der Waals surface area contributed by atoms with Gasteiger partial charge in [0.25, 0.3) is 0 Å². The van der Waals surface area contributed by atoms with Crippen LogP contribution < -0.4 is 0 Å². The van der Waals surface area contributed by atoms with Crippen LogP contribution in [0.5, 0.6) is 0 Å². The summed E-state index contributed by atoms with van der Waals surface area (Å²) in [6.07, 6.45) is 23.8. The smallest absolute Gasteiger partial charge is 0.541 e. The SMILES string of the molecule is CCCCCCC/C=N/[N-]C(=O)c1ccncc1.CCCCCCC/C=N\[N-]C(=O)c1ccncc1.[Ni+2]. The Kier molecular flexibility index (Phi) is 22.8. The average Bonchev–Trinajstić information content (AvgIpc) is 2.92. The number of hydrogen-bond acceptors (Lipinski definition) is 6. The summed E-state index contributed by atoms with van der Waals surface area (Å²) in [5.41, 5.74) is 8.30. The summed E-state index contributed by atoms with van der Waals surface area (Å²) in [6.45, 7) is 4.40. The van der Waals surface area contributed by atoms with Crippen molar-refractivity contribution in [3.05, 3.63) is 71.0 Å². The Hall–Kier alpha value is -2.93. The molecular formula is C28H40N6NiO2. The quantitative estimate of drug-likeness (QED) is 0.0914. The molecule has 0 saturated carbocycles. The first-order valence-electron chi connectivity index (χ1n) is 13.0. The molecule has 0 unspecified atom stereocenters. The van der Waals surface area contributed by atoms with E-state index in [4.69, 9.17) is 0 Å². The second-order valence-corrected chi connectivity index (χ2v) is 8.28. The monoisotopic (exact) mass is 550 g/mol. The number of pyridine rings is 2. The molecule has 0 aliphatic heterocycles. The summed E-state index contributed by atoms with van der Waals surface area (Å²) < 4.78 is 0. The van der Waals surface area contributed by atoms with Crippen LogP contribution >= 0.6 is 0 Å². The molecule has 9 heteroatoms. The molecule has 0 N–H and O–H groups in total. The molecule has 0 aliphatic rings. The fourth-order valence-corrected chi connectivity index (χ4v) is 3.08. The Morgan fingerprint density at radius 3 is 1.35 bits per heavy atom. The fraction of sp³-hybridized carbons (Fsp3) is 0.500. The van der Waals surface area contributed by atoms with Crippen LogP contribution in [0.4, 0.5) is 0 Å². The second-order valence-electron chi connectivity index (χ2n) is 8.28. The van der Waals surface area contributed by atoms with Crippen molar-refractivity contribution >= 4 is 24.2 Å². The van der Waals surface area contributed by atoms with Gasteiger partial charge in [0, 0.05) is 35.9 Å². The topological polar surface area (TPSA) is 113 Å². The van der Waals surface area contributed by atoms with Gasteiger partial charge in [-0.1, -0.05) is 65.2 Å². The predicted octanol–water partition coefficient (Wildman–Crippen LogP) is 7.88. The van der Waals surface area contributed by atoms with Gasteiger partial charge in [0.15, 0.2) is 0 Å². The molecule has 2 amide bonds. The van der Waals surface area contributed by atoms with Crippen LogP contribution in [0.1, 0.15) is 112 Å². The molecule has 0 aromatic carbocycles. The van der Waals surface area contributed by atoms with E-state index in [1.165, 1.54) is 51.4 Å². The summed E-state index contributed by atoms with van der Waals surface area (Å²) in [5, 5.41) is 7.59. The molecule has 8 nitrogen and oxygen atoms in total. The van der Waals surface area contributed by atoms with E-state index < -0.39 is 0 Å². The Bertz CT molecular complexity index is 805. The van der Waals surface area contributed by atoms with Crippen molar-refractivity contribution in [2.75, 3.05) is 0 Å². The first-order chi connectivity index (χ1) is 17.7. The van der Waals surface area contributed by atoms with E-state index in [0.717, 1.165) is 25.7 Å². The third-order valence-electron chi connectivity index (χ3n) is 5.19. The van der Waals surface area contributed by atoms with E-state index in [-0.39, 0.29) is 28.3 Å². The maximum Gasteiger partial charge on any atom is 2.00 e. The zero-order valence-electron chi connectivity index (χ0n) is 22.1. The van der Waals surface area contributed by atoms with Gasteiger partial charge >= 0.3 is 16.5 Å². The van der Waals surface area contributed by atoms with Crippen LogP contribution in [0.2, 0.25) is 0 Å². The third-order valence-corrected chi connectivity index (χ3v) is 5.19. The number of carbonyl (C=O) groups is 2. The summed E-state index contributed by atoms with van der Waals surface area (Å²) in [7, 11) is 0. The van der Waals surface area contributed by atoms with Gasteiger partial charge in [-0.3, -0.25) is 9.97 Å². The van der Waals surface area contributed by atoms with Gasteiger partial charge in [-0.05, 0) is 62.4 Å². The van der Waals surface area contributed by atoms with Crippen LogP contribution in [-0.2, 0) is 16.5 Å². The van der Waals surface area contributed by atoms with E-state index >= 15 is 0 Å². The van der Waals surface area contributed by atoms with E-state index in [1.807, 2.05) is 0 Å². The second kappa shape index (κ2) is 24.8. The number of amides is 2. The van der Waals surface area contributed by atoms with Gasteiger partial charge in [-0.15, -0.1) is 0 Å². The number of nitrogens with zero attached hydrogens (tertiary/aromatic N) is 6. The molecule has 2 aromatic heterocycles. The van der Waals surface area contributed by atoms with Crippen molar-refractivity contribution in [2.24, 2.45) is 10.2 Å². The largest absolute Gasteiger partial charge is 2.00 e. The van der Waals surface area contributed by atoms with Crippen LogP contribution in [0.25, 0.3) is 10.9 Å². The number of hydrogen-bond donors (Lipinski definition) is 0. The normalized spacial score (nSPS) is 10.4. The van der Waals surface area contributed by atoms with Gasteiger partial charge in [-0.2, -0.15) is 0 Å². The minimum Gasteiger partial charge on any atom is -0.541 e. The van der Waals surface area contributed by atoms with Crippen molar-refractivity contribution in [3.63, 3.8) is 0 Å². The Balaban J connectivity index is 0.000000682. The number of rotatable bonds is 16. The van der Waals surface area contributed by atoms with Crippen LogP contribution in [-0.4, -0.2) is 34.2 Å². The van der Waals surface area contributed by atoms with Crippen LogP contribution in [0.3, 0.4) is 0 Å². The van der Waals surface area contributed by atoms with Crippen molar-refractivity contribution in [3.8, 4) is 0 Å². The number of aromatic nitrogens is 2. The molecular weight excluding hydrogens is 511 g/mol. The zero-order valence-corrected chi connectivity index (χ0v) is 23.1. The summed E-state index contributed by atoms with van der Waals surface area (Å²) in [5.74, 6) is -0.640. The van der Waals surface area contributed by atoms with E-state index in [2.05, 4.69) is 44.9 Å². The summed E-state index contributed by atoms with van der Waals surface area (Å²) >= 11 is 0. The molecule has 0 fully saturated rings. The number of carbonyl (C=O) groups excluding carboxylic acids is 2. The number of unbranched alkanes of at least 4 members (excludes halogenated alkanes) is 10. The molecule has 0 radical (unpaired) electrons. The first kappa shape index (κ1) is 34.1. The third kappa shape index (κ3) is 18.9. The van der Waals surface area contributed by atoms with Gasteiger partial charge < -0.3 is 30.6 Å². The molecule has 2 heterocycles. The van der Waals surface area contributed by atoms with E-state index in [0.29, 0.717) is 11.1 Å². The van der Waals surface area contributed by atoms with Gasteiger partial charge in [0.05, 0.1) is 11.8 Å². The van der Waals surface area contributed by atoms with Crippen molar-refractivity contribution in [2.45, 2.75) is 90.9 Å². The minimum atomic E-state index is -0.320. The van der Waals surface area contributed by atoms with Gasteiger partial charge in [-0.25, -0.2) is 0 Å². The maximum atomic E-state index is 11.5. The molecule has 204 valence electrons. The summed E-state index contributed by atoms with van der Waals surface area (Å²) in [4.78, 5) is 30.7. The zero-order chi connectivity index (χ0) is 26.1. The van der Waals surface area contributed by atoms with Gasteiger partial charge in [0.2, 0.25) is 0 Å². The fourth-order valence-electron chi connectivity index (χ4n) is 3.08. The molecule has 2 rings (SSSR count). The van der Waals surface area contributed by atoms with E-state index in [1.54, 1.807) is 61.5 Å². The average molecular weight is 551 g/mol. The van der Waals surface area contributed by atoms with Crippen molar-refractivity contribution < 1.29 is 26.1 Å².